The first-order chi connectivity index (χ1) is 15.1. The minimum atomic E-state index is -4.55. The number of amides is 1. The molecule has 7 nitrogen and oxygen atoms in total. The van der Waals surface area contributed by atoms with Crippen LogP contribution in [0.4, 0.5) is 24.5 Å². The Morgan fingerprint density at radius 3 is 2.41 bits per heavy atom. The van der Waals surface area contributed by atoms with Crippen molar-refractivity contribution >= 4 is 35.0 Å². The lowest BCUT2D eigenvalue weighted by Crippen LogP contribution is -2.18. The van der Waals surface area contributed by atoms with Crippen molar-refractivity contribution in [3.8, 4) is 11.5 Å². The molecule has 0 spiro atoms. The summed E-state index contributed by atoms with van der Waals surface area (Å²) in [5.74, 6) is 0.949. The molecule has 3 rings (SSSR count). The molecule has 1 amide bonds. The number of hydrogen-bond donors (Lipinski definition) is 2. The molecule has 32 heavy (non-hydrogen) atoms. The van der Waals surface area contributed by atoms with Gasteiger partial charge in [-0.25, -0.2) is 4.79 Å². The molecule has 1 aromatic heterocycles. The molecule has 0 aliphatic rings. The number of hydrogen-bond acceptors (Lipinski definition) is 6. The maximum atomic E-state index is 12.2. The van der Waals surface area contributed by atoms with Gasteiger partial charge in [-0.15, -0.1) is 0 Å². The van der Waals surface area contributed by atoms with E-state index in [1.165, 1.54) is 12.3 Å². The van der Waals surface area contributed by atoms with E-state index in [1.807, 2.05) is 0 Å². The number of benzene rings is 2. The number of aromatic nitrogens is 1. The molecule has 0 aliphatic carbocycles. The number of nitrogens with two attached hydrogens (primary N) is 1. The van der Waals surface area contributed by atoms with E-state index in [4.69, 9.17) is 22.1 Å². The largest absolute Gasteiger partial charge is 0.457 e. The van der Waals surface area contributed by atoms with Crippen LogP contribution in [0.2, 0.25) is 5.02 Å². The Labute approximate surface area is 185 Å². The summed E-state index contributed by atoms with van der Waals surface area (Å²) in [5, 5.41) is 2.08. The first-order valence-corrected chi connectivity index (χ1v) is 9.18. The average molecular weight is 465 g/mol. The van der Waals surface area contributed by atoms with Gasteiger partial charge in [0.15, 0.2) is 0 Å². The summed E-state index contributed by atoms with van der Waals surface area (Å²) in [6, 6.07) is 13.2. The third-order valence-electron chi connectivity index (χ3n) is 3.74. The lowest BCUT2D eigenvalue weighted by atomic mass is 10.2. The summed E-state index contributed by atoms with van der Waals surface area (Å²) in [6.07, 6.45) is -1.88. The number of aliphatic imine (C=N–C) groups is 1. The Hall–Kier alpha value is -3.88. The molecule has 0 atom stereocenters. The van der Waals surface area contributed by atoms with E-state index in [0.717, 1.165) is 12.1 Å². The van der Waals surface area contributed by atoms with Crippen LogP contribution in [0, 0.1) is 0 Å². The number of carbonyl (C=O) groups excluding carboxylic acids is 2. The first-order valence-electron chi connectivity index (χ1n) is 8.80. The molecule has 0 aliphatic heterocycles. The van der Waals surface area contributed by atoms with Crippen LogP contribution < -0.4 is 15.8 Å². The van der Waals surface area contributed by atoms with Gasteiger partial charge in [0.2, 0.25) is 6.08 Å². The predicted molar refractivity (Wildman–Crippen MR) is 113 cm³/mol. The smallest absolute Gasteiger partial charge is 0.417 e. The van der Waals surface area contributed by atoms with Crippen LogP contribution >= 0.6 is 11.6 Å². The van der Waals surface area contributed by atoms with Crippen molar-refractivity contribution in [1.82, 2.24) is 10.3 Å². The lowest BCUT2D eigenvalue weighted by molar-refractivity contribution is -0.137. The molecule has 3 aromatic rings. The predicted octanol–water partition coefficient (Wildman–Crippen LogP) is 5.14. The molecule has 0 unspecified atom stereocenters. The SMILES string of the molecule is CNC(=O)c1cc(Oc2ccc(N)cc2)ccn1.O=C=Nc1ccc(Cl)c(C(F)(F)F)c1. The maximum absolute atomic E-state index is 12.2. The fourth-order valence-corrected chi connectivity index (χ4v) is 2.48. The minimum Gasteiger partial charge on any atom is -0.457 e. The number of ether oxygens (including phenoxy) is 1. The van der Waals surface area contributed by atoms with Crippen molar-refractivity contribution in [2.45, 2.75) is 6.18 Å². The first kappa shape index (κ1) is 24.4. The van der Waals surface area contributed by atoms with Gasteiger partial charge in [-0.1, -0.05) is 11.6 Å². The van der Waals surface area contributed by atoms with Gasteiger partial charge in [0.25, 0.3) is 5.91 Å². The van der Waals surface area contributed by atoms with Crippen LogP contribution in [-0.4, -0.2) is 24.0 Å². The number of anilines is 1. The Balaban J connectivity index is 0.000000235. The number of alkyl halides is 3. The molecule has 0 fully saturated rings. The molecule has 3 N–H and O–H groups in total. The second-order valence-electron chi connectivity index (χ2n) is 5.99. The lowest BCUT2D eigenvalue weighted by Gasteiger charge is -2.08. The average Bonchev–Trinajstić information content (AvgIpc) is 2.76. The van der Waals surface area contributed by atoms with Gasteiger partial charge in [0.05, 0.1) is 16.3 Å². The van der Waals surface area contributed by atoms with Crippen LogP contribution in [-0.2, 0) is 11.0 Å². The zero-order valence-electron chi connectivity index (χ0n) is 16.5. The summed E-state index contributed by atoms with van der Waals surface area (Å²) < 4.78 is 42.3. The van der Waals surface area contributed by atoms with Crippen molar-refractivity contribution in [2.75, 3.05) is 12.8 Å². The zero-order valence-corrected chi connectivity index (χ0v) is 17.2. The standard InChI is InChI=1S/C13H13N3O2.C8H3ClF3NO/c1-15-13(17)12-8-11(6-7-16-12)18-10-4-2-9(14)3-5-10;9-7-2-1-5(13-4-14)3-6(7)8(10,11)12/h2-8H,14H2,1H3,(H,15,17);1-3H. The topological polar surface area (TPSA) is 107 Å². The van der Waals surface area contributed by atoms with Crippen LogP contribution in [0.1, 0.15) is 16.1 Å². The van der Waals surface area contributed by atoms with Crippen LogP contribution in [0.25, 0.3) is 0 Å². The Morgan fingerprint density at radius 2 is 1.81 bits per heavy atom. The summed E-state index contributed by atoms with van der Waals surface area (Å²) in [5.41, 5.74) is 5.42. The number of rotatable bonds is 4. The second-order valence-corrected chi connectivity index (χ2v) is 6.40. The Bertz CT molecular complexity index is 1130. The zero-order chi connectivity index (χ0) is 23.7. The van der Waals surface area contributed by atoms with Crippen LogP contribution in [0.15, 0.2) is 65.8 Å². The Kier molecular flexibility index (Phi) is 8.34. The summed E-state index contributed by atoms with van der Waals surface area (Å²) in [7, 11) is 1.55. The molecule has 11 heteroatoms. The minimum absolute atomic E-state index is 0.128. The van der Waals surface area contributed by atoms with Gasteiger partial charge in [0, 0.05) is 25.0 Å². The van der Waals surface area contributed by atoms with Gasteiger partial charge in [-0.3, -0.25) is 9.78 Å². The van der Waals surface area contributed by atoms with Gasteiger partial charge in [-0.05, 0) is 48.5 Å². The highest BCUT2D eigenvalue weighted by atomic mass is 35.5. The highest BCUT2D eigenvalue weighted by molar-refractivity contribution is 6.31. The van der Waals surface area contributed by atoms with E-state index < -0.39 is 16.8 Å². The van der Waals surface area contributed by atoms with E-state index in [0.29, 0.717) is 28.9 Å². The molecular formula is C21H16ClF3N4O3. The van der Waals surface area contributed by atoms with Gasteiger partial charge in [0.1, 0.15) is 17.2 Å². The van der Waals surface area contributed by atoms with Crippen LogP contribution in [0.5, 0.6) is 11.5 Å². The number of halogens is 4. The van der Waals surface area contributed by atoms with Crippen molar-refractivity contribution in [3.63, 3.8) is 0 Å². The number of carbonyl (C=O) groups is 1. The monoisotopic (exact) mass is 464 g/mol. The maximum Gasteiger partial charge on any atom is 0.417 e. The highest BCUT2D eigenvalue weighted by Crippen LogP contribution is 2.36. The van der Waals surface area contributed by atoms with E-state index in [1.54, 1.807) is 43.4 Å². The quantitative estimate of drug-likeness (QED) is 0.316. The molecule has 2 aromatic carbocycles. The number of isocyanates is 1. The van der Waals surface area contributed by atoms with E-state index in [2.05, 4.69) is 15.3 Å². The fourth-order valence-electron chi connectivity index (χ4n) is 2.25. The summed E-state index contributed by atoms with van der Waals surface area (Å²) in [4.78, 5) is 28.2. The molecule has 166 valence electrons. The number of nitrogens with zero attached hydrogens (tertiary/aromatic N) is 2. The van der Waals surface area contributed by atoms with Crippen molar-refractivity contribution in [3.05, 3.63) is 77.1 Å². The molecule has 0 radical (unpaired) electrons. The van der Waals surface area contributed by atoms with Crippen LogP contribution in [0.3, 0.4) is 0 Å². The van der Waals surface area contributed by atoms with Crippen molar-refractivity contribution < 1.29 is 27.5 Å². The number of pyridine rings is 1. The molecule has 0 saturated carbocycles. The summed E-state index contributed by atoms with van der Waals surface area (Å²) in [6.45, 7) is 0. The van der Waals surface area contributed by atoms with Gasteiger partial charge in [-0.2, -0.15) is 18.2 Å². The molecule has 0 saturated heterocycles. The van der Waals surface area contributed by atoms with Crippen molar-refractivity contribution in [2.24, 2.45) is 4.99 Å². The van der Waals surface area contributed by atoms with E-state index in [9.17, 15) is 22.8 Å². The Morgan fingerprint density at radius 1 is 1.12 bits per heavy atom. The van der Waals surface area contributed by atoms with E-state index in [-0.39, 0.29) is 11.6 Å². The third kappa shape index (κ3) is 7.12. The second kappa shape index (κ2) is 10.9. The van der Waals surface area contributed by atoms with Gasteiger partial charge < -0.3 is 15.8 Å². The molecule has 0 bridgehead atoms. The molecular weight excluding hydrogens is 449 g/mol. The normalized spacial score (nSPS) is 10.3. The summed E-state index contributed by atoms with van der Waals surface area (Å²) >= 11 is 5.32. The van der Waals surface area contributed by atoms with E-state index >= 15 is 0 Å². The highest BCUT2D eigenvalue weighted by Gasteiger charge is 2.33. The third-order valence-corrected chi connectivity index (χ3v) is 4.07. The molecule has 1 heterocycles. The van der Waals surface area contributed by atoms with Crippen molar-refractivity contribution in [1.29, 1.82) is 0 Å². The fraction of sp³-hybridized carbons (Fsp3) is 0.0952. The number of nitrogens with one attached hydrogen (secondary N) is 1. The number of nitrogen functional groups attached to an aromatic ring is 1. The van der Waals surface area contributed by atoms with Gasteiger partial charge >= 0.3 is 6.18 Å².